The molecule has 0 fully saturated rings. The summed E-state index contributed by atoms with van der Waals surface area (Å²) < 4.78 is 103. The maximum absolute atomic E-state index is 14.5. The number of carbonyl (C=O) groups is 2. The first-order valence-corrected chi connectivity index (χ1v) is 14.1. The first kappa shape index (κ1) is 31.6. The van der Waals surface area contributed by atoms with Crippen molar-refractivity contribution < 1.29 is 54.9 Å². The van der Waals surface area contributed by atoms with Crippen molar-refractivity contribution in [3.05, 3.63) is 81.3 Å². The Morgan fingerprint density at radius 3 is 2.16 bits per heavy atom. The van der Waals surface area contributed by atoms with Crippen LogP contribution in [0.15, 0.2) is 70.2 Å². The molecule has 44 heavy (non-hydrogen) atoms. The molecule has 2 bridgehead atoms. The molecule has 0 amide bonds. The van der Waals surface area contributed by atoms with E-state index in [0.717, 1.165) is 11.3 Å². The molecule has 6 nitrogen and oxygen atoms in total. The van der Waals surface area contributed by atoms with E-state index in [1.165, 1.54) is 39.0 Å². The van der Waals surface area contributed by atoms with Gasteiger partial charge in [-0.15, -0.1) is 11.3 Å². The number of esters is 2. The molecule has 3 aromatic rings. The van der Waals surface area contributed by atoms with Gasteiger partial charge in [-0.2, -0.15) is 26.3 Å². The summed E-state index contributed by atoms with van der Waals surface area (Å²) in [7, 11) is 0. The zero-order chi connectivity index (χ0) is 32.4. The van der Waals surface area contributed by atoms with Crippen LogP contribution in [0, 0.1) is 17.3 Å². The number of hydrogen-bond donors (Lipinski definition) is 1. The predicted molar refractivity (Wildman–Crippen MR) is 149 cm³/mol. The predicted octanol–water partition coefficient (Wildman–Crippen LogP) is 7.75. The first-order chi connectivity index (χ1) is 20.4. The number of halogens is 6. The van der Waals surface area contributed by atoms with Crippen molar-refractivity contribution in [2.75, 3.05) is 13.2 Å². The summed E-state index contributed by atoms with van der Waals surface area (Å²) >= 11 is 0.755. The molecule has 3 unspecified atom stereocenters. The second-order valence-electron chi connectivity index (χ2n) is 11.3. The number of allylic oxidation sites excluding steroid dienone is 4. The van der Waals surface area contributed by atoms with Gasteiger partial charge in [-0.3, -0.25) is 0 Å². The molecule has 0 saturated carbocycles. The standard InChI is InChI=1S/C31H26F6O6S/c1-14(2)27(39)41-12-16(38)13-42-28(40)20-10-9-19(44-20)22-21(18-11-15-7-5-6-8-17(15)43-18)23-25(30(32,33)34)26(31(35,36)37)24(22)29(23,3)4/h5-11,16,23-24,38H,1,12-13H2,2-4H3. The van der Waals surface area contributed by atoms with Gasteiger partial charge < -0.3 is 19.0 Å². The normalized spacial score (nSPS) is 20.4. The van der Waals surface area contributed by atoms with Gasteiger partial charge in [0.25, 0.3) is 0 Å². The van der Waals surface area contributed by atoms with Crippen LogP contribution < -0.4 is 0 Å². The minimum Gasteiger partial charge on any atom is -0.459 e. The third-order valence-electron chi connectivity index (χ3n) is 7.76. The molecule has 0 radical (unpaired) electrons. The van der Waals surface area contributed by atoms with Gasteiger partial charge >= 0.3 is 24.3 Å². The van der Waals surface area contributed by atoms with Gasteiger partial charge in [0.2, 0.25) is 0 Å². The minimum atomic E-state index is -5.28. The van der Waals surface area contributed by atoms with Crippen molar-refractivity contribution in [1.82, 2.24) is 0 Å². The summed E-state index contributed by atoms with van der Waals surface area (Å²) in [6.45, 7) is 6.51. The molecule has 3 atom stereocenters. The Morgan fingerprint density at radius 2 is 1.57 bits per heavy atom. The third kappa shape index (κ3) is 5.47. The number of benzene rings is 1. The van der Waals surface area contributed by atoms with Crippen LogP contribution in [-0.2, 0) is 14.3 Å². The number of hydrogen-bond acceptors (Lipinski definition) is 7. The molecule has 13 heteroatoms. The molecule has 1 aromatic carbocycles. The lowest BCUT2D eigenvalue weighted by Crippen LogP contribution is -2.27. The lowest BCUT2D eigenvalue weighted by Gasteiger charge is -2.29. The van der Waals surface area contributed by atoms with Gasteiger partial charge in [0.05, 0.1) is 5.57 Å². The number of ether oxygens (including phenoxy) is 2. The number of thiophene rings is 1. The monoisotopic (exact) mass is 640 g/mol. The highest BCUT2D eigenvalue weighted by molar-refractivity contribution is 7.15. The van der Waals surface area contributed by atoms with E-state index < -0.39 is 72.0 Å². The van der Waals surface area contributed by atoms with E-state index >= 15 is 0 Å². The highest BCUT2D eigenvalue weighted by Gasteiger charge is 2.68. The molecular weight excluding hydrogens is 614 g/mol. The van der Waals surface area contributed by atoms with Crippen molar-refractivity contribution in [3.8, 4) is 0 Å². The van der Waals surface area contributed by atoms with Gasteiger partial charge in [-0.25, -0.2) is 9.59 Å². The van der Waals surface area contributed by atoms with Gasteiger partial charge in [0.15, 0.2) is 0 Å². The second-order valence-corrected chi connectivity index (χ2v) is 12.4. The number of furan rings is 1. The summed E-state index contributed by atoms with van der Waals surface area (Å²) in [5.74, 6) is -5.08. The quantitative estimate of drug-likeness (QED) is 0.117. The number of rotatable bonds is 8. The van der Waals surface area contributed by atoms with E-state index in [-0.39, 0.29) is 32.2 Å². The molecule has 1 N–H and O–H groups in total. The Labute approximate surface area is 251 Å². The maximum atomic E-state index is 14.5. The first-order valence-electron chi connectivity index (χ1n) is 13.3. The van der Waals surface area contributed by atoms with Crippen LogP contribution in [0.3, 0.4) is 0 Å². The Balaban J connectivity index is 1.55. The average molecular weight is 641 g/mol. The highest BCUT2D eigenvalue weighted by Crippen LogP contribution is 2.72. The topological polar surface area (TPSA) is 86.0 Å². The van der Waals surface area contributed by atoms with Crippen LogP contribution in [0.4, 0.5) is 26.3 Å². The molecule has 2 aliphatic carbocycles. The molecule has 2 heterocycles. The minimum absolute atomic E-state index is 0.00447. The van der Waals surface area contributed by atoms with E-state index in [9.17, 15) is 41.0 Å². The summed E-state index contributed by atoms with van der Waals surface area (Å²) in [6.07, 6.45) is -11.9. The Hall–Kier alpha value is -3.84. The lowest BCUT2D eigenvalue weighted by molar-refractivity contribution is -0.142. The summed E-state index contributed by atoms with van der Waals surface area (Å²) in [5, 5.41) is 10.6. The number of aliphatic hydroxyl groups is 1. The third-order valence-corrected chi connectivity index (χ3v) is 8.86. The number of aliphatic hydroxyl groups excluding tert-OH is 1. The van der Waals surface area contributed by atoms with Crippen LogP contribution in [0.25, 0.3) is 22.1 Å². The fraction of sp³-hybridized carbons (Fsp3) is 0.355. The fourth-order valence-electron chi connectivity index (χ4n) is 6.04. The molecule has 2 aromatic heterocycles. The molecule has 0 saturated heterocycles. The number of fused-ring (bicyclic) bond motifs is 3. The fourth-order valence-corrected chi connectivity index (χ4v) is 7.03. The number of para-hydroxylation sites is 1. The zero-order valence-corrected chi connectivity index (χ0v) is 24.4. The zero-order valence-electron chi connectivity index (χ0n) is 23.6. The SMILES string of the molecule is C=C(C)C(=O)OCC(O)COC(=O)c1ccc(C2=C(c3cc4ccccc4o3)C3C(C(F)(F)F)=C(C(F)(F)F)C2C3(C)C)s1. The molecule has 0 spiro atoms. The van der Waals surface area contributed by atoms with E-state index in [0.29, 0.717) is 11.0 Å². The van der Waals surface area contributed by atoms with Crippen molar-refractivity contribution >= 4 is 45.4 Å². The maximum Gasteiger partial charge on any atom is 0.413 e. The molecule has 234 valence electrons. The smallest absolute Gasteiger partial charge is 0.413 e. The van der Waals surface area contributed by atoms with Crippen LogP contribution in [0.2, 0.25) is 0 Å². The van der Waals surface area contributed by atoms with Gasteiger partial charge in [0, 0.05) is 38.8 Å². The van der Waals surface area contributed by atoms with Gasteiger partial charge in [0.1, 0.15) is 35.5 Å². The lowest BCUT2D eigenvalue weighted by atomic mass is 9.75. The van der Waals surface area contributed by atoms with Crippen molar-refractivity contribution in [3.63, 3.8) is 0 Å². The second kappa shape index (κ2) is 11.0. The van der Waals surface area contributed by atoms with Crippen molar-refractivity contribution in [2.45, 2.75) is 39.2 Å². The number of carbonyl (C=O) groups excluding carboxylic acids is 2. The van der Waals surface area contributed by atoms with E-state index in [2.05, 4.69) is 6.58 Å². The largest absolute Gasteiger partial charge is 0.459 e. The molecule has 0 aliphatic heterocycles. The van der Waals surface area contributed by atoms with Crippen LogP contribution >= 0.6 is 11.3 Å². The average Bonchev–Trinajstić information content (AvgIpc) is 3.68. The molecular formula is C31H26F6O6S. The van der Waals surface area contributed by atoms with Crippen molar-refractivity contribution in [1.29, 1.82) is 0 Å². The Bertz CT molecular complexity index is 1690. The summed E-state index contributed by atoms with van der Waals surface area (Å²) in [6, 6.07) is 10.8. The van der Waals surface area contributed by atoms with Crippen LogP contribution in [0.5, 0.6) is 0 Å². The molecule has 2 aliphatic rings. The van der Waals surface area contributed by atoms with Gasteiger partial charge in [-0.1, -0.05) is 38.6 Å². The molecule has 5 rings (SSSR count). The van der Waals surface area contributed by atoms with E-state index in [4.69, 9.17) is 13.9 Å². The summed E-state index contributed by atoms with van der Waals surface area (Å²) in [4.78, 5) is 24.3. The van der Waals surface area contributed by atoms with Gasteiger partial charge in [-0.05, 0) is 42.2 Å². The summed E-state index contributed by atoms with van der Waals surface area (Å²) in [5.41, 5.74) is -4.41. The van der Waals surface area contributed by atoms with Crippen LogP contribution in [-0.4, -0.2) is 48.7 Å². The Kier molecular flexibility index (Phi) is 7.86. The number of alkyl halides is 6. The van der Waals surface area contributed by atoms with Crippen LogP contribution in [0.1, 0.15) is 41.1 Å². The van der Waals surface area contributed by atoms with Crippen molar-refractivity contribution in [2.24, 2.45) is 17.3 Å². The highest BCUT2D eigenvalue weighted by atomic mass is 32.1. The Morgan fingerprint density at radius 1 is 0.977 bits per heavy atom. The van der Waals surface area contributed by atoms with E-state index in [1.807, 2.05) is 0 Å². The van der Waals surface area contributed by atoms with E-state index in [1.54, 1.807) is 24.3 Å².